The minimum Gasteiger partial charge on any atom is -0.480 e. The van der Waals surface area contributed by atoms with Crippen LogP contribution in [0.2, 0.25) is 10.0 Å². The smallest absolute Gasteiger partial charge is 0.320 e. The summed E-state index contributed by atoms with van der Waals surface area (Å²) in [6, 6.07) is 3.93. The zero-order valence-corrected chi connectivity index (χ0v) is 15.1. The topological polar surface area (TPSA) is 88.3 Å². The van der Waals surface area contributed by atoms with Gasteiger partial charge >= 0.3 is 5.97 Å². The zero-order valence-electron chi connectivity index (χ0n) is 13.6. The van der Waals surface area contributed by atoms with Gasteiger partial charge < -0.3 is 9.52 Å². The Labute approximate surface area is 150 Å². The van der Waals surface area contributed by atoms with E-state index in [4.69, 9.17) is 27.6 Å². The Morgan fingerprint density at radius 2 is 1.96 bits per heavy atom. The van der Waals surface area contributed by atoms with Crippen LogP contribution in [0.5, 0.6) is 0 Å². The lowest BCUT2D eigenvalue weighted by molar-refractivity contribution is -0.140. The Hall–Kier alpha value is -1.63. The third kappa shape index (κ3) is 4.69. The Morgan fingerprint density at radius 1 is 1.25 bits per heavy atom. The molecule has 0 bridgehead atoms. The average Bonchev–Trinajstić information content (AvgIpc) is 2.98. The molecular weight excluding hydrogens is 353 g/mol. The van der Waals surface area contributed by atoms with Gasteiger partial charge in [0.25, 0.3) is 0 Å². The van der Waals surface area contributed by atoms with Gasteiger partial charge in [-0.2, -0.15) is 0 Å². The van der Waals surface area contributed by atoms with Gasteiger partial charge in [0.2, 0.25) is 11.8 Å². The Balaban J connectivity index is 2.13. The van der Waals surface area contributed by atoms with E-state index in [0.29, 0.717) is 33.8 Å². The lowest BCUT2D eigenvalue weighted by Crippen LogP contribution is -2.39. The Bertz CT molecular complexity index is 718. The molecule has 0 aliphatic carbocycles. The number of hydrogen-bond acceptors (Lipinski definition) is 5. The van der Waals surface area contributed by atoms with Crippen LogP contribution >= 0.6 is 23.2 Å². The van der Waals surface area contributed by atoms with E-state index >= 15 is 0 Å². The predicted molar refractivity (Wildman–Crippen MR) is 92.2 cm³/mol. The summed E-state index contributed by atoms with van der Waals surface area (Å²) in [6.07, 6.45) is 0.507. The highest BCUT2D eigenvalue weighted by molar-refractivity contribution is 6.42. The normalized spacial score (nSPS) is 13.9. The van der Waals surface area contributed by atoms with E-state index in [-0.39, 0.29) is 5.92 Å². The first kappa shape index (κ1) is 18.7. The highest BCUT2D eigenvalue weighted by Gasteiger charge is 2.24. The second-order valence-corrected chi connectivity index (χ2v) is 6.80. The van der Waals surface area contributed by atoms with Crippen LogP contribution in [0, 0.1) is 5.92 Å². The number of aromatic nitrogens is 2. The maximum Gasteiger partial charge on any atom is 0.320 e. The standard InChI is InChI=1S/C16H19Cl2N3O3/c1-8(2)6-13(16(22)23)19-9(3)14-20-21-15(24-14)10-4-5-11(17)12(18)7-10/h4-5,7-9,13,19H,6H2,1-3H3,(H,22,23)/t9?,13-/m1/s1. The second-order valence-electron chi connectivity index (χ2n) is 5.98. The van der Waals surface area contributed by atoms with Crippen LogP contribution in [0.3, 0.4) is 0 Å². The van der Waals surface area contributed by atoms with Crippen molar-refractivity contribution in [1.82, 2.24) is 15.5 Å². The molecule has 24 heavy (non-hydrogen) atoms. The van der Waals surface area contributed by atoms with Crippen molar-refractivity contribution in [1.29, 1.82) is 0 Å². The molecule has 0 saturated carbocycles. The van der Waals surface area contributed by atoms with E-state index in [1.165, 1.54) is 0 Å². The van der Waals surface area contributed by atoms with Crippen molar-refractivity contribution in [2.24, 2.45) is 5.92 Å². The number of hydrogen-bond donors (Lipinski definition) is 2. The van der Waals surface area contributed by atoms with Crippen molar-refractivity contribution >= 4 is 29.2 Å². The number of benzene rings is 1. The van der Waals surface area contributed by atoms with E-state index in [1.807, 2.05) is 13.8 Å². The van der Waals surface area contributed by atoms with E-state index in [9.17, 15) is 9.90 Å². The molecule has 0 fully saturated rings. The van der Waals surface area contributed by atoms with Crippen molar-refractivity contribution in [3.8, 4) is 11.5 Å². The maximum atomic E-state index is 11.3. The summed E-state index contributed by atoms with van der Waals surface area (Å²) < 4.78 is 5.63. The van der Waals surface area contributed by atoms with Crippen molar-refractivity contribution in [2.75, 3.05) is 0 Å². The van der Waals surface area contributed by atoms with Gasteiger partial charge in [-0.3, -0.25) is 10.1 Å². The van der Waals surface area contributed by atoms with E-state index < -0.39 is 18.1 Å². The first-order valence-corrected chi connectivity index (χ1v) is 8.31. The minimum atomic E-state index is -0.903. The van der Waals surface area contributed by atoms with E-state index in [1.54, 1.807) is 25.1 Å². The number of aliphatic carboxylic acids is 1. The molecule has 2 aromatic rings. The molecule has 0 radical (unpaired) electrons. The predicted octanol–water partition coefficient (Wildman–Crippen LogP) is 4.19. The lowest BCUT2D eigenvalue weighted by atomic mass is 10.0. The number of nitrogens with one attached hydrogen (secondary N) is 1. The van der Waals surface area contributed by atoms with Gasteiger partial charge in [-0.1, -0.05) is 37.0 Å². The Kier molecular flexibility index (Phi) is 6.21. The summed E-state index contributed by atoms with van der Waals surface area (Å²) in [4.78, 5) is 11.3. The van der Waals surface area contributed by atoms with Crippen molar-refractivity contribution < 1.29 is 14.3 Å². The molecular formula is C16H19Cl2N3O3. The molecule has 2 rings (SSSR count). The summed E-state index contributed by atoms with van der Waals surface area (Å²) in [6.45, 7) is 5.72. The van der Waals surface area contributed by atoms with Gasteiger partial charge in [-0.15, -0.1) is 10.2 Å². The van der Waals surface area contributed by atoms with Crippen LogP contribution in [0.25, 0.3) is 11.5 Å². The summed E-state index contributed by atoms with van der Waals surface area (Å²) in [7, 11) is 0. The number of carboxylic acid groups (broad SMARTS) is 1. The fraction of sp³-hybridized carbons (Fsp3) is 0.438. The molecule has 0 amide bonds. The fourth-order valence-corrected chi connectivity index (χ4v) is 2.54. The number of halogens is 2. The lowest BCUT2D eigenvalue weighted by Gasteiger charge is -2.19. The second kappa shape index (κ2) is 7.96. The molecule has 0 saturated heterocycles. The highest BCUT2D eigenvalue weighted by atomic mass is 35.5. The molecule has 1 aromatic heterocycles. The van der Waals surface area contributed by atoms with E-state index in [2.05, 4.69) is 15.5 Å². The van der Waals surface area contributed by atoms with Crippen LogP contribution in [0.15, 0.2) is 22.6 Å². The number of nitrogens with zero attached hydrogens (tertiary/aromatic N) is 2. The van der Waals surface area contributed by atoms with Gasteiger partial charge in [0.1, 0.15) is 6.04 Å². The molecule has 0 aliphatic rings. The minimum absolute atomic E-state index is 0.250. The third-order valence-corrected chi connectivity index (χ3v) is 4.17. The molecule has 1 unspecified atom stereocenters. The van der Waals surface area contributed by atoms with Gasteiger partial charge in [-0.05, 0) is 37.5 Å². The zero-order chi connectivity index (χ0) is 17.9. The summed E-state index contributed by atoms with van der Waals surface area (Å²) in [5, 5.41) is 21.1. The van der Waals surface area contributed by atoms with Crippen molar-refractivity contribution in [2.45, 2.75) is 39.3 Å². The summed E-state index contributed by atoms with van der Waals surface area (Å²) >= 11 is 11.9. The van der Waals surface area contributed by atoms with Crippen LogP contribution in [-0.4, -0.2) is 27.3 Å². The molecule has 8 heteroatoms. The molecule has 0 spiro atoms. The van der Waals surface area contributed by atoms with Gasteiger partial charge in [0.15, 0.2) is 0 Å². The van der Waals surface area contributed by atoms with Crippen molar-refractivity contribution in [3.05, 3.63) is 34.1 Å². The first-order valence-electron chi connectivity index (χ1n) is 7.55. The Morgan fingerprint density at radius 3 is 2.54 bits per heavy atom. The van der Waals surface area contributed by atoms with Crippen LogP contribution < -0.4 is 5.32 Å². The summed E-state index contributed by atoms with van der Waals surface area (Å²) in [5.41, 5.74) is 0.646. The number of rotatable bonds is 7. The molecule has 6 nitrogen and oxygen atoms in total. The third-order valence-electron chi connectivity index (χ3n) is 3.43. The quantitative estimate of drug-likeness (QED) is 0.758. The first-order chi connectivity index (χ1) is 11.3. The van der Waals surface area contributed by atoms with Gasteiger partial charge in [0.05, 0.1) is 16.1 Å². The number of carbonyl (C=O) groups is 1. The molecule has 2 N–H and O–H groups in total. The highest BCUT2D eigenvalue weighted by Crippen LogP contribution is 2.28. The van der Waals surface area contributed by atoms with Gasteiger partial charge in [0, 0.05) is 5.56 Å². The molecule has 130 valence electrons. The van der Waals surface area contributed by atoms with Crippen LogP contribution in [-0.2, 0) is 4.79 Å². The summed E-state index contributed by atoms with van der Waals surface area (Å²) in [5.74, 6) is -0.0425. The molecule has 0 aliphatic heterocycles. The fourth-order valence-electron chi connectivity index (χ4n) is 2.24. The monoisotopic (exact) mass is 371 g/mol. The maximum absolute atomic E-state index is 11.3. The molecule has 2 atom stereocenters. The number of carboxylic acids is 1. The average molecular weight is 372 g/mol. The van der Waals surface area contributed by atoms with E-state index in [0.717, 1.165) is 0 Å². The largest absolute Gasteiger partial charge is 0.480 e. The van der Waals surface area contributed by atoms with Crippen LogP contribution in [0.4, 0.5) is 0 Å². The van der Waals surface area contributed by atoms with Gasteiger partial charge in [-0.25, -0.2) is 0 Å². The van der Waals surface area contributed by atoms with Crippen molar-refractivity contribution in [3.63, 3.8) is 0 Å². The molecule has 1 heterocycles. The van der Waals surface area contributed by atoms with Crippen LogP contribution in [0.1, 0.15) is 39.1 Å². The SMILES string of the molecule is CC(C)C[C@@H](NC(C)c1nnc(-c2ccc(Cl)c(Cl)c2)o1)C(=O)O. The molecule has 1 aromatic carbocycles.